The van der Waals surface area contributed by atoms with E-state index in [-0.39, 0.29) is 19.1 Å². The van der Waals surface area contributed by atoms with Gasteiger partial charge in [-0.3, -0.25) is 4.79 Å². The van der Waals surface area contributed by atoms with Crippen LogP contribution in [0.4, 0.5) is 4.79 Å². The van der Waals surface area contributed by atoms with Gasteiger partial charge in [-0.05, 0) is 30.7 Å². The first kappa shape index (κ1) is 19.5. The summed E-state index contributed by atoms with van der Waals surface area (Å²) in [5.74, 6) is 0.809. The van der Waals surface area contributed by atoms with Crippen molar-refractivity contribution in [3.63, 3.8) is 0 Å². The number of amides is 2. The van der Waals surface area contributed by atoms with Crippen LogP contribution in [0, 0.1) is 0 Å². The second-order valence-electron chi connectivity index (χ2n) is 5.28. The van der Waals surface area contributed by atoms with Crippen molar-refractivity contribution in [2.45, 2.75) is 6.92 Å². The van der Waals surface area contributed by atoms with Crippen LogP contribution >= 0.6 is 0 Å². The molecule has 1 saturated heterocycles. The summed E-state index contributed by atoms with van der Waals surface area (Å²) in [5.41, 5.74) is 2.92. The first-order chi connectivity index (χ1) is 12.6. The number of methoxy groups -OCH3 is 1. The molecule has 142 valence electrons. The predicted molar refractivity (Wildman–Crippen MR) is 93.6 cm³/mol. The minimum Gasteiger partial charge on any atom is -0.493 e. The lowest BCUT2D eigenvalue weighted by Crippen LogP contribution is -2.43. The molecule has 2 amide bonds. The quantitative estimate of drug-likeness (QED) is 0.572. The fraction of sp³-hybridized carbons (Fsp3) is 0.471. The van der Waals surface area contributed by atoms with Crippen molar-refractivity contribution in [1.29, 1.82) is 0 Å². The number of carbonyl (C=O) groups excluding carboxylic acids is 2. The topological polar surface area (TPSA) is 98.7 Å². The number of benzene rings is 1. The summed E-state index contributed by atoms with van der Waals surface area (Å²) in [6.07, 6.45) is 0.819. The van der Waals surface area contributed by atoms with Crippen molar-refractivity contribution >= 4 is 18.2 Å². The Morgan fingerprint density at radius 1 is 1.31 bits per heavy atom. The third-order valence-corrected chi connectivity index (χ3v) is 3.55. The molecule has 0 aliphatic carbocycles. The normalized spacial score (nSPS) is 14.2. The van der Waals surface area contributed by atoms with E-state index in [4.69, 9.17) is 18.9 Å². The monoisotopic (exact) mass is 365 g/mol. The zero-order valence-electron chi connectivity index (χ0n) is 14.9. The van der Waals surface area contributed by atoms with E-state index < -0.39 is 6.09 Å². The molecule has 26 heavy (non-hydrogen) atoms. The van der Waals surface area contributed by atoms with Crippen molar-refractivity contribution in [2.24, 2.45) is 5.10 Å². The molecule has 2 rings (SSSR count). The van der Waals surface area contributed by atoms with Crippen molar-refractivity contribution < 1.29 is 28.5 Å². The van der Waals surface area contributed by atoms with Gasteiger partial charge < -0.3 is 23.8 Å². The van der Waals surface area contributed by atoms with Crippen molar-refractivity contribution in [2.75, 3.05) is 46.6 Å². The van der Waals surface area contributed by atoms with Crippen LogP contribution in [0.3, 0.4) is 0 Å². The Bertz CT molecular complexity index is 643. The minimum absolute atomic E-state index is 0.0752. The summed E-state index contributed by atoms with van der Waals surface area (Å²) in [6, 6.07) is 5.09. The fourth-order valence-electron chi connectivity index (χ4n) is 2.25. The highest BCUT2D eigenvalue weighted by atomic mass is 16.6. The van der Waals surface area contributed by atoms with E-state index >= 15 is 0 Å². The largest absolute Gasteiger partial charge is 0.493 e. The Labute approximate surface area is 151 Å². The summed E-state index contributed by atoms with van der Waals surface area (Å²) in [7, 11) is 1.50. The van der Waals surface area contributed by atoms with Gasteiger partial charge in [-0.2, -0.15) is 5.10 Å². The first-order valence-electron chi connectivity index (χ1n) is 8.26. The average Bonchev–Trinajstić information content (AvgIpc) is 2.67. The lowest BCUT2D eigenvalue weighted by molar-refractivity contribution is -0.137. The molecule has 0 bridgehead atoms. The van der Waals surface area contributed by atoms with Crippen LogP contribution < -0.4 is 14.9 Å². The van der Waals surface area contributed by atoms with Crippen LogP contribution in [0.25, 0.3) is 0 Å². The van der Waals surface area contributed by atoms with Crippen LogP contribution in [0.5, 0.6) is 11.5 Å². The SMILES string of the molecule is CCOC(=O)N/N=C/c1ccc(OCC(=O)N2CCOCC2)c(OC)c1. The van der Waals surface area contributed by atoms with Crippen LogP contribution in [0.2, 0.25) is 0 Å². The van der Waals surface area contributed by atoms with Crippen molar-refractivity contribution in [3.05, 3.63) is 23.8 Å². The van der Waals surface area contributed by atoms with Crippen LogP contribution in [-0.2, 0) is 14.3 Å². The number of nitrogens with zero attached hydrogens (tertiary/aromatic N) is 2. The molecule has 1 fully saturated rings. The Morgan fingerprint density at radius 3 is 2.77 bits per heavy atom. The molecule has 1 aromatic rings. The number of rotatable bonds is 7. The summed E-state index contributed by atoms with van der Waals surface area (Å²) in [4.78, 5) is 25.0. The van der Waals surface area contributed by atoms with Crippen molar-refractivity contribution in [3.8, 4) is 11.5 Å². The molecule has 0 radical (unpaired) electrons. The lowest BCUT2D eigenvalue weighted by Gasteiger charge is -2.26. The Hall–Kier alpha value is -2.81. The molecule has 1 aromatic carbocycles. The smallest absolute Gasteiger partial charge is 0.427 e. The maximum atomic E-state index is 12.1. The van der Waals surface area contributed by atoms with Gasteiger partial charge in [0.1, 0.15) is 0 Å². The number of ether oxygens (including phenoxy) is 4. The van der Waals surface area contributed by atoms with Gasteiger partial charge in [0.15, 0.2) is 18.1 Å². The van der Waals surface area contributed by atoms with E-state index in [9.17, 15) is 9.59 Å². The molecule has 9 heteroatoms. The molecule has 0 aromatic heterocycles. The van der Waals surface area contributed by atoms with E-state index in [2.05, 4.69) is 10.5 Å². The van der Waals surface area contributed by atoms with Gasteiger partial charge >= 0.3 is 6.09 Å². The summed E-state index contributed by atoms with van der Waals surface area (Å²) >= 11 is 0. The molecule has 1 aliphatic heterocycles. The lowest BCUT2D eigenvalue weighted by atomic mass is 10.2. The number of nitrogens with one attached hydrogen (secondary N) is 1. The van der Waals surface area contributed by atoms with Crippen molar-refractivity contribution in [1.82, 2.24) is 10.3 Å². The third-order valence-electron chi connectivity index (χ3n) is 3.55. The number of hydrogen-bond donors (Lipinski definition) is 1. The number of hydrogen-bond acceptors (Lipinski definition) is 7. The average molecular weight is 365 g/mol. The predicted octanol–water partition coefficient (Wildman–Crippen LogP) is 1.01. The Kier molecular flexibility index (Phi) is 7.69. The number of carbonyl (C=O) groups is 2. The third kappa shape index (κ3) is 5.92. The van der Waals surface area contributed by atoms with E-state index in [1.165, 1.54) is 13.3 Å². The highest BCUT2D eigenvalue weighted by molar-refractivity contribution is 5.82. The highest BCUT2D eigenvalue weighted by Gasteiger charge is 2.18. The Morgan fingerprint density at radius 2 is 2.08 bits per heavy atom. The Balaban J connectivity index is 1.91. The number of hydrazone groups is 1. The van der Waals surface area contributed by atoms with Gasteiger partial charge in [0.05, 0.1) is 33.1 Å². The first-order valence-corrected chi connectivity index (χ1v) is 8.26. The van der Waals surface area contributed by atoms with Crippen LogP contribution in [0.1, 0.15) is 12.5 Å². The molecule has 9 nitrogen and oxygen atoms in total. The summed E-state index contributed by atoms with van der Waals surface area (Å²) < 4.78 is 20.8. The second kappa shape index (κ2) is 10.2. The molecule has 1 N–H and O–H groups in total. The standard InChI is InChI=1S/C17H23N3O6/c1-3-25-17(22)19-18-11-13-4-5-14(15(10-13)23-2)26-12-16(21)20-6-8-24-9-7-20/h4-5,10-11H,3,6-9,12H2,1-2H3,(H,19,22)/b18-11+. The molecule has 0 saturated carbocycles. The van der Waals surface area contributed by atoms with Gasteiger partial charge in [0.2, 0.25) is 0 Å². The van der Waals surface area contributed by atoms with E-state index in [1.54, 1.807) is 30.0 Å². The van der Waals surface area contributed by atoms with Gasteiger partial charge in [-0.1, -0.05) is 0 Å². The van der Waals surface area contributed by atoms with Gasteiger partial charge in [-0.25, -0.2) is 10.2 Å². The highest BCUT2D eigenvalue weighted by Crippen LogP contribution is 2.27. The molecule has 0 atom stereocenters. The maximum Gasteiger partial charge on any atom is 0.427 e. The number of morpholine rings is 1. The van der Waals surface area contributed by atoms with Crippen LogP contribution in [-0.4, -0.2) is 69.7 Å². The van der Waals surface area contributed by atoms with E-state index in [0.29, 0.717) is 43.4 Å². The zero-order valence-corrected chi connectivity index (χ0v) is 14.9. The fourth-order valence-corrected chi connectivity index (χ4v) is 2.25. The van der Waals surface area contributed by atoms with Crippen LogP contribution in [0.15, 0.2) is 23.3 Å². The van der Waals surface area contributed by atoms with Gasteiger partial charge in [0.25, 0.3) is 5.91 Å². The maximum absolute atomic E-state index is 12.1. The molecular formula is C17H23N3O6. The molecule has 1 aliphatic rings. The summed E-state index contributed by atoms with van der Waals surface area (Å²) in [6.45, 7) is 4.13. The van der Waals surface area contributed by atoms with E-state index in [0.717, 1.165) is 0 Å². The molecule has 1 heterocycles. The summed E-state index contributed by atoms with van der Waals surface area (Å²) in [5, 5.41) is 3.78. The minimum atomic E-state index is -0.628. The van der Waals surface area contributed by atoms with Gasteiger partial charge in [-0.15, -0.1) is 0 Å². The zero-order chi connectivity index (χ0) is 18.8. The molecule has 0 unspecified atom stereocenters. The molecular weight excluding hydrogens is 342 g/mol. The molecule has 0 spiro atoms. The second-order valence-corrected chi connectivity index (χ2v) is 5.28. The van der Waals surface area contributed by atoms with E-state index in [1.807, 2.05) is 0 Å². The van der Waals surface area contributed by atoms with Gasteiger partial charge in [0, 0.05) is 13.1 Å².